The lowest BCUT2D eigenvalue weighted by Gasteiger charge is -2.11. The summed E-state index contributed by atoms with van der Waals surface area (Å²) in [7, 11) is 3.06. The average molecular weight is 351 g/mol. The molecule has 1 aromatic heterocycles. The van der Waals surface area contributed by atoms with Gasteiger partial charge < -0.3 is 14.8 Å². The fraction of sp³-hybridized carbons (Fsp3) is 0.200. The van der Waals surface area contributed by atoms with Gasteiger partial charge in [0.1, 0.15) is 17.3 Å². The molecule has 1 amide bonds. The van der Waals surface area contributed by atoms with E-state index in [0.717, 1.165) is 10.2 Å². The predicted molar refractivity (Wildman–Crippen MR) is 84.2 cm³/mol. The van der Waals surface area contributed by atoms with Gasteiger partial charge in [-0.2, -0.15) is 0 Å². The molecule has 1 heterocycles. The third kappa shape index (κ3) is 3.52. The summed E-state index contributed by atoms with van der Waals surface area (Å²) < 4.78 is 11.2. The van der Waals surface area contributed by atoms with Gasteiger partial charge in [0.2, 0.25) is 0 Å². The van der Waals surface area contributed by atoms with E-state index in [-0.39, 0.29) is 5.91 Å². The summed E-state index contributed by atoms with van der Waals surface area (Å²) in [5.74, 6) is 1.23. The number of rotatable bonds is 4. The molecule has 0 unspecified atom stereocenters. The van der Waals surface area contributed by atoms with Gasteiger partial charge in [0.15, 0.2) is 0 Å². The Morgan fingerprint density at radius 1 is 1.19 bits per heavy atom. The van der Waals surface area contributed by atoms with Gasteiger partial charge in [-0.05, 0) is 53.2 Å². The number of pyridine rings is 1. The fourth-order valence-corrected chi connectivity index (χ4v) is 2.01. The number of amides is 1. The highest BCUT2D eigenvalue weighted by molar-refractivity contribution is 9.10. The number of aromatic nitrogens is 1. The number of carbonyl (C=O) groups is 1. The molecular weight excluding hydrogens is 336 g/mol. The summed E-state index contributed by atoms with van der Waals surface area (Å²) in [5, 5.41) is 2.75. The third-order valence-electron chi connectivity index (χ3n) is 2.91. The molecule has 0 saturated carbocycles. The number of methoxy groups -OCH3 is 2. The molecule has 0 bridgehead atoms. The van der Waals surface area contributed by atoms with Crippen LogP contribution >= 0.6 is 15.9 Å². The third-order valence-corrected chi connectivity index (χ3v) is 3.75. The molecule has 0 aliphatic rings. The maximum Gasteiger partial charge on any atom is 0.260 e. The molecule has 110 valence electrons. The van der Waals surface area contributed by atoms with Crippen molar-refractivity contribution >= 4 is 27.7 Å². The van der Waals surface area contributed by atoms with Crippen molar-refractivity contribution in [2.45, 2.75) is 6.92 Å². The molecule has 21 heavy (non-hydrogen) atoms. The quantitative estimate of drug-likeness (QED) is 0.917. The SMILES string of the molecule is COc1ccc(OC)c(C(=O)Nc2ccc(Br)c(C)n2)c1. The van der Waals surface area contributed by atoms with E-state index in [0.29, 0.717) is 22.9 Å². The van der Waals surface area contributed by atoms with Crippen molar-refractivity contribution in [1.82, 2.24) is 4.98 Å². The second-order valence-electron chi connectivity index (χ2n) is 4.28. The standard InChI is InChI=1S/C15H15BrN2O3/c1-9-12(16)5-7-14(17-9)18-15(19)11-8-10(20-2)4-6-13(11)21-3/h4-8H,1-3H3,(H,17,18,19). The van der Waals surface area contributed by atoms with E-state index in [2.05, 4.69) is 26.2 Å². The van der Waals surface area contributed by atoms with Crippen LogP contribution in [0.15, 0.2) is 34.8 Å². The van der Waals surface area contributed by atoms with Crippen LogP contribution < -0.4 is 14.8 Å². The fourth-order valence-electron chi connectivity index (χ4n) is 1.79. The molecule has 6 heteroatoms. The number of aryl methyl sites for hydroxylation is 1. The second-order valence-corrected chi connectivity index (χ2v) is 5.14. The van der Waals surface area contributed by atoms with Gasteiger partial charge in [-0.25, -0.2) is 4.98 Å². The number of ether oxygens (including phenoxy) is 2. The van der Waals surface area contributed by atoms with E-state index < -0.39 is 0 Å². The molecule has 2 aromatic rings. The Balaban J connectivity index is 2.28. The molecule has 0 aliphatic carbocycles. The minimum absolute atomic E-state index is 0.306. The first-order chi connectivity index (χ1) is 10.0. The highest BCUT2D eigenvalue weighted by atomic mass is 79.9. The van der Waals surface area contributed by atoms with Crippen LogP contribution in [0, 0.1) is 6.92 Å². The first kappa shape index (κ1) is 15.3. The maximum absolute atomic E-state index is 12.4. The minimum atomic E-state index is -0.306. The molecule has 1 aromatic carbocycles. The minimum Gasteiger partial charge on any atom is -0.497 e. The Kier molecular flexibility index (Phi) is 4.80. The molecular formula is C15H15BrN2O3. The van der Waals surface area contributed by atoms with Crippen molar-refractivity contribution in [3.05, 3.63) is 46.1 Å². The molecule has 0 aliphatic heterocycles. The van der Waals surface area contributed by atoms with Crippen LogP contribution in [-0.2, 0) is 0 Å². The average Bonchev–Trinajstić information content (AvgIpc) is 2.50. The smallest absolute Gasteiger partial charge is 0.260 e. The lowest BCUT2D eigenvalue weighted by atomic mass is 10.1. The van der Waals surface area contributed by atoms with Crippen molar-refractivity contribution in [2.75, 3.05) is 19.5 Å². The summed E-state index contributed by atoms with van der Waals surface area (Å²) in [4.78, 5) is 16.6. The summed E-state index contributed by atoms with van der Waals surface area (Å²) in [6.45, 7) is 1.85. The highest BCUT2D eigenvalue weighted by Crippen LogP contribution is 2.25. The van der Waals surface area contributed by atoms with Crippen molar-refractivity contribution < 1.29 is 14.3 Å². The van der Waals surface area contributed by atoms with Gasteiger partial charge >= 0.3 is 0 Å². The number of carbonyl (C=O) groups excluding carboxylic acids is 1. The monoisotopic (exact) mass is 350 g/mol. The lowest BCUT2D eigenvalue weighted by Crippen LogP contribution is -2.14. The Morgan fingerprint density at radius 2 is 1.95 bits per heavy atom. The van der Waals surface area contributed by atoms with Gasteiger partial charge in [-0.3, -0.25) is 4.79 Å². The predicted octanol–water partition coefficient (Wildman–Crippen LogP) is 3.42. The first-order valence-electron chi connectivity index (χ1n) is 6.21. The molecule has 0 spiro atoms. The number of nitrogens with zero attached hydrogens (tertiary/aromatic N) is 1. The number of halogens is 1. The van der Waals surface area contributed by atoms with E-state index >= 15 is 0 Å². The summed E-state index contributed by atoms with van der Waals surface area (Å²) in [5.41, 5.74) is 1.18. The van der Waals surface area contributed by atoms with Crippen LogP contribution in [0.5, 0.6) is 11.5 Å². The zero-order valence-electron chi connectivity index (χ0n) is 11.9. The molecule has 2 rings (SSSR count). The molecule has 0 fully saturated rings. The van der Waals surface area contributed by atoms with Crippen LogP contribution in [0.3, 0.4) is 0 Å². The Morgan fingerprint density at radius 3 is 2.57 bits per heavy atom. The van der Waals surface area contributed by atoms with E-state index in [1.54, 1.807) is 31.4 Å². The molecule has 0 saturated heterocycles. The largest absolute Gasteiger partial charge is 0.497 e. The van der Waals surface area contributed by atoms with Gasteiger partial charge in [-0.1, -0.05) is 0 Å². The van der Waals surface area contributed by atoms with Crippen LogP contribution in [0.25, 0.3) is 0 Å². The van der Waals surface area contributed by atoms with Crippen LogP contribution in [0.4, 0.5) is 5.82 Å². The highest BCUT2D eigenvalue weighted by Gasteiger charge is 2.14. The normalized spacial score (nSPS) is 10.1. The molecule has 5 nitrogen and oxygen atoms in total. The zero-order valence-corrected chi connectivity index (χ0v) is 13.5. The molecule has 0 radical (unpaired) electrons. The van der Waals surface area contributed by atoms with Crippen molar-refractivity contribution in [2.24, 2.45) is 0 Å². The first-order valence-corrected chi connectivity index (χ1v) is 7.01. The van der Waals surface area contributed by atoms with Gasteiger partial charge in [0, 0.05) is 4.47 Å². The number of hydrogen-bond donors (Lipinski definition) is 1. The number of anilines is 1. The second kappa shape index (κ2) is 6.58. The van der Waals surface area contributed by atoms with E-state index in [9.17, 15) is 4.79 Å². The summed E-state index contributed by atoms with van der Waals surface area (Å²) in [6.07, 6.45) is 0. The molecule has 0 atom stereocenters. The topological polar surface area (TPSA) is 60.5 Å². The van der Waals surface area contributed by atoms with E-state index in [1.165, 1.54) is 7.11 Å². The summed E-state index contributed by atoms with van der Waals surface area (Å²) in [6, 6.07) is 8.61. The summed E-state index contributed by atoms with van der Waals surface area (Å²) >= 11 is 3.37. The van der Waals surface area contributed by atoms with Crippen LogP contribution in [0.2, 0.25) is 0 Å². The van der Waals surface area contributed by atoms with Crippen LogP contribution in [0.1, 0.15) is 16.1 Å². The lowest BCUT2D eigenvalue weighted by molar-refractivity contribution is 0.102. The Hall–Kier alpha value is -2.08. The van der Waals surface area contributed by atoms with Gasteiger partial charge in [0.25, 0.3) is 5.91 Å². The van der Waals surface area contributed by atoms with Crippen LogP contribution in [-0.4, -0.2) is 25.1 Å². The number of hydrogen-bond acceptors (Lipinski definition) is 4. The molecule has 1 N–H and O–H groups in total. The Bertz CT molecular complexity index is 674. The van der Waals surface area contributed by atoms with Crippen molar-refractivity contribution in [3.63, 3.8) is 0 Å². The van der Waals surface area contributed by atoms with Gasteiger partial charge in [0.05, 0.1) is 25.5 Å². The zero-order chi connectivity index (χ0) is 15.4. The number of benzene rings is 1. The van der Waals surface area contributed by atoms with E-state index in [1.807, 2.05) is 13.0 Å². The maximum atomic E-state index is 12.4. The van der Waals surface area contributed by atoms with Crippen molar-refractivity contribution in [1.29, 1.82) is 0 Å². The number of nitrogens with one attached hydrogen (secondary N) is 1. The van der Waals surface area contributed by atoms with E-state index in [4.69, 9.17) is 9.47 Å². The van der Waals surface area contributed by atoms with Crippen molar-refractivity contribution in [3.8, 4) is 11.5 Å². The Labute approximate surface area is 131 Å². The van der Waals surface area contributed by atoms with Gasteiger partial charge in [-0.15, -0.1) is 0 Å².